The van der Waals surface area contributed by atoms with E-state index in [0.717, 1.165) is 18.4 Å². The van der Waals surface area contributed by atoms with E-state index in [2.05, 4.69) is 0 Å². The molecule has 0 aromatic heterocycles. The lowest BCUT2D eigenvalue weighted by atomic mass is 9.84. The van der Waals surface area contributed by atoms with Crippen LogP contribution in [0.3, 0.4) is 0 Å². The number of amides is 1. The van der Waals surface area contributed by atoms with Crippen LogP contribution in [0.1, 0.15) is 32.3 Å². The van der Waals surface area contributed by atoms with Gasteiger partial charge in [0.05, 0.1) is 5.92 Å². The first-order valence-electron chi connectivity index (χ1n) is 8.54. The van der Waals surface area contributed by atoms with E-state index in [4.69, 9.17) is 11.6 Å². The third-order valence-electron chi connectivity index (χ3n) is 5.31. The highest BCUT2D eigenvalue weighted by molar-refractivity contribution is 6.30. The van der Waals surface area contributed by atoms with Crippen LogP contribution in [-0.2, 0) is 16.0 Å². The van der Waals surface area contributed by atoms with Gasteiger partial charge in [-0.25, -0.2) is 0 Å². The van der Waals surface area contributed by atoms with Crippen molar-refractivity contribution < 1.29 is 14.7 Å². The second-order valence-electron chi connectivity index (χ2n) is 7.85. The number of carboxylic acid groups (broad SMARTS) is 1. The Morgan fingerprint density at radius 1 is 1.29 bits per heavy atom. The summed E-state index contributed by atoms with van der Waals surface area (Å²) in [6, 6.07) is 7.56. The van der Waals surface area contributed by atoms with Gasteiger partial charge >= 0.3 is 5.97 Å². The third-order valence-corrected chi connectivity index (χ3v) is 5.55. The van der Waals surface area contributed by atoms with Gasteiger partial charge < -0.3 is 10.0 Å². The molecule has 0 spiro atoms. The molecule has 1 amide bonds. The molecule has 0 radical (unpaired) electrons. The molecule has 2 atom stereocenters. The minimum atomic E-state index is -0.769. The zero-order chi connectivity index (χ0) is 17.5. The van der Waals surface area contributed by atoms with E-state index in [0.29, 0.717) is 30.5 Å². The zero-order valence-corrected chi connectivity index (χ0v) is 14.9. The van der Waals surface area contributed by atoms with Crippen LogP contribution < -0.4 is 0 Å². The highest BCUT2D eigenvalue weighted by Crippen LogP contribution is 2.44. The summed E-state index contributed by atoms with van der Waals surface area (Å²) in [5.74, 6) is -0.538. The normalized spacial score (nSPS) is 24.2. The van der Waals surface area contributed by atoms with Gasteiger partial charge in [0.1, 0.15) is 0 Å². The predicted octanol–water partition coefficient (Wildman–Crippen LogP) is 3.48. The van der Waals surface area contributed by atoms with Crippen LogP contribution in [0.25, 0.3) is 0 Å². The molecular formula is C19H24ClNO3. The minimum Gasteiger partial charge on any atom is -0.481 e. The molecule has 1 aliphatic carbocycles. The average molecular weight is 350 g/mol. The van der Waals surface area contributed by atoms with E-state index >= 15 is 0 Å². The SMILES string of the molecule is CC(C)(Cc1cccc(Cl)c1)C(=O)N1C[C@H](C(=O)O)[C@@H](C2CC2)C1. The number of carboxylic acids is 1. The molecule has 1 aliphatic heterocycles. The van der Waals surface area contributed by atoms with Gasteiger partial charge in [-0.3, -0.25) is 9.59 Å². The molecule has 1 saturated carbocycles. The van der Waals surface area contributed by atoms with E-state index in [1.54, 1.807) is 4.90 Å². The largest absolute Gasteiger partial charge is 0.481 e. The lowest BCUT2D eigenvalue weighted by Gasteiger charge is -2.29. The van der Waals surface area contributed by atoms with Crippen molar-refractivity contribution in [1.29, 1.82) is 0 Å². The second kappa shape index (κ2) is 6.40. The summed E-state index contributed by atoms with van der Waals surface area (Å²) >= 11 is 6.03. The first-order chi connectivity index (χ1) is 11.3. The van der Waals surface area contributed by atoms with Gasteiger partial charge in [-0.05, 0) is 48.8 Å². The number of halogens is 1. The molecule has 5 heteroatoms. The lowest BCUT2D eigenvalue weighted by Crippen LogP contribution is -2.41. The van der Waals surface area contributed by atoms with E-state index in [1.165, 1.54) is 0 Å². The lowest BCUT2D eigenvalue weighted by molar-refractivity contribution is -0.143. The van der Waals surface area contributed by atoms with Crippen LogP contribution in [0.4, 0.5) is 0 Å². The molecule has 1 N–H and O–H groups in total. The number of carbonyl (C=O) groups is 2. The summed E-state index contributed by atoms with van der Waals surface area (Å²) < 4.78 is 0. The number of carbonyl (C=O) groups excluding carboxylic acids is 1. The highest BCUT2D eigenvalue weighted by Gasteiger charge is 2.48. The molecule has 3 rings (SSSR count). The number of hydrogen-bond donors (Lipinski definition) is 1. The summed E-state index contributed by atoms with van der Waals surface area (Å²) in [6.07, 6.45) is 2.79. The first-order valence-corrected chi connectivity index (χ1v) is 8.92. The number of benzene rings is 1. The number of hydrogen-bond acceptors (Lipinski definition) is 2. The Bertz CT molecular complexity index is 654. The molecule has 0 unspecified atom stereocenters. The molecule has 0 bridgehead atoms. The third kappa shape index (κ3) is 3.59. The predicted molar refractivity (Wildman–Crippen MR) is 92.9 cm³/mol. The summed E-state index contributed by atoms with van der Waals surface area (Å²) in [7, 11) is 0. The van der Waals surface area contributed by atoms with Gasteiger partial charge in [-0.2, -0.15) is 0 Å². The maximum atomic E-state index is 13.0. The number of likely N-dealkylation sites (tertiary alicyclic amines) is 1. The summed E-state index contributed by atoms with van der Waals surface area (Å²) in [5, 5.41) is 10.1. The number of rotatable bonds is 5. The van der Waals surface area contributed by atoms with Gasteiger partial charge in [0, 0.05) is 23.5 Å². The summed E-state index contributed by atoms with van der Waals surface area (Å²) in [4.78, 5) is 26.3. The van der Waals surface area contributed by atoms with Crippen molar-refractivity contribution >= 4 is 23.5 Å². The Labute approximate surface area is 147 Å². The van der Waals surface area contributed by atoms with Crippen molar-refractivity contribution in [2.24, 2.45) is 23.2 Å². The Hall–Kier alpha value is -1.55. The van der Waals surface area contributed by atoms with Crippen LogP contribution >= 0.6 is 11.6 Å². The first kappa shape index (κ1) is 17.3. The molecule has 2 fully saturated rings. The summed E-state index contributed by atoms with van der Waals surface area (Å²) in [5.41, 5.74) is 0.445. The highest BCUT2D eigenvalue weighted by atomic mass is 35.5. The Morgan fingerprint density at radius 3 is 2.58 bits per heavy atom. The summed E-state index contributed by atoms with van der Waals surface area (Å²) in [6.45, 7) is 4.78. The van der Waals surface area contributed by atoms with Gasteiger partial charge in [-0.1, -0.05) is 37.6 Å². The molecule has 4 nitrogen and oxygen atoms in total. The maximum absolute atomic E-state index is 13.0. The van der Waals surface area contributed by atoms with E-state index < -0.39 is 17.3 Å². The van der Waals surface area contributed by atoms with Gasteiger partial charge in [0.15, 0.2) is 0 Å². The topological polar surface area (TPSA) is 57.6 Å². The fourth-order valence-corrected chi connectivity index (χ4v) is 4.13. The number of nitrogens with zero attached hydrogens (tertiary/aromatic N) is 1. The van der Waals surface area contributed by atoms with Gasteiger partial charge in [0.2, 0.25) is 5.91 Å². The zero-order valence-electron chi connectivity index (χ0n) is 14.2. The molecule has 1 aromatic carbocycles. The van der Waals surface area contributed by atoms with E-state index in [-0.39, 0.29) is 11.8 Å². The second-order valence-corrected chi connectivity index (χ2v) is 8.28. The molecular weight excluding hydrogens is 326 g/mol. The van der Waals surface area contributed by atoms with E-state index in [1.807, 2.05) is 38.1 Å². The Kier molecular flexibility index (Phi) is 4.60. The maximum Gasteiger partial charge on any atom is 0.308 e. The smallest absolute Gasteiger partial charge is 0.308 e. The van der Waals surface area contributed by atoms with Gasteiger partial charge in [-0.15, -0.1) is 0 Å². The molecule has 130 valence electrons. The standard InChI is InChI=1S/C19H24ClNO3/c1-19(2,9-12-4-3-5-14(20)8-12)18(24)21-10-15(13-6-7-13)16(11-21)17(22)23/h3-5,8,13,15-16H,6-7,9-11H2,1-2H3,(H,22,23)/t15-,16+/m1/s1. The van der Waals surface area contributed by atoms with Crippen LogP contribution in [0.2, 0.25) is 5.02 Å². The average Bonchev–Trinajstić information content (AvgIpc) is 3.24. The van der Waals surface area contributed by atoms with Crippen LogP contribution in [0.5, 0.6) is 0 Å². The monoisotopic (exact) mass is 349 g/mol. The van der Waals surface area contributed by atoms with Crippen molar-refractivity contribution in [3.05, 3.63) is 34.9 Å². The molecule has 1 heterocycles. The van der Waals surface area contributed by atoms with Crippen molar-refractivity contribution in [2.45, 2.75) is 33.1 Å². The fourth-order valence-electron chi connectivity index (χ4n) is 3.92. The van der Waals surface area contributed by atoms with Crippen molar-refractivity contribution in [1.82, 2.24) is 4.90 Å². The fraction of sp³-hybridized carbons (Fsp3) is 0.579. The van der Waals surface area contributed by atoms with Crippen LogP contribution in [0, 0.1) is 23.2 Å². The minimum absolute atomic E-state index is 0.0388. The van der Waals surface area contributed by atoms with Crippen molar-refractivity contribution in [2.75, 3.05) is 13.1 Å². The van der Waals surface area contributed by atoms with Crippen LogP contribution in [-0.4, -0.2) is 35.0 Å². The Morgan fingerprint density at radius 2 is 2.00 bits per heavy atom. The quantitative estimate of drug-likeness (QED) is 0.885. The molecule has 1 saturated heterocycles. The van der Waals surface area contributed by atoms with Gasteiger partial charge in [0.25, 0.3) is 0 Å². The number of aliphatic carboxylic acids is 1. The van der Waals surface area contributed by atoms with Crippen molar-refractivity contribution in [3.63, 3.8) is 0 Å². The molecule has 1 aromatic rings. The van der Waals surface area contributed by atoms with Crippen molar-refractivity contribution in [3.8, 4) is 0 Å². The Balaban J connectivity index is 1.71. The van der Waals surface area contributed by atoms with Crippen LogP contribution in [0.15, 0.2) is 24.3 Å². The van der Waals surface area contributed by atoms with E-state index in [9.17, 15) is 14.7 Å². The molecule has 24 heavy (non-hydrogen) atoms. The molecule has 2 aliphatic rings.